The molecule has 0 fully saturated rings. The Labute approximate surface area is 85.3 Å². The third kappa shape index (κ3) is 2.58. The molecule has 1 rings (SSSR count). The van der Waals surface area contributed by atoms with Crippen LogP contribution in [0.3, 0.4) is 0 Å². The second kappa shape index (κ2) is 4.26. The summed E-state index contributed by atoms with van der Waals surface area (Å²) in [6.07, 6.45) is -0.670. The van der Waals surface area contributed by atoms with Crippen molar-refractivity contribution in [2.24, 2.45) is 0 Å². The van der Waals surface area contributed by atoms with E-state index >= 15 is 0 Å². The molecular weight excluding hydrogens is 208 g/mol. The first-order valence-electron chi connectivity index (χ1n) is 3.84. The van der Waals surface area contributed by atoms with Gasteiger partial charge in [0.15, 0.2) is 0 Å². The summed E-state index contributed by atoms with van der Waals surface area (Å²) in [7, 11) is 0. The molecule has 0 aliphatic heterocycles. The maximum atomic E-state index is 10.3. The standard InChI is InChI=1S/C8H9ClN2O3/c1-4(12)7-6(9)2-5(3-10-7)11-8(13)14/h2-4,11-12H,1H3,(H,13,14). The molecule has 1 aromatic heterocycles. The van der Waals surface area contributed by atoms with E-state index in [-0.39, 0.29) is 10.7 Å². The first-order valence-corrected chi connectivity index (χ1v) is 4.22. The Morgan fingerprint density at radius 3 is 2.79 bits per heavy atom. The summed E-state index contributed by atoms with van der Waals surface area (Å²) in [6, 6.07) is 1.39. The number of rotatable bonds is 2. The van der Waals surface area contributed by atoms with Gasteiger partial charge in [-0.05, 0) is 13.0 Å². The molecule has 1 amide bonds. The Balaban J connectivity index is 2.94. The first-order chi connectivity index (χ1) is 6.50. The Kier molecular flexibility index (Phi) is 3.27. The molecule has 1 atom stereocenters. The molecule has 0 aromatic carbocycles. The minimum atomic E-state index is -1.19. The minimum absolute atomic E-state index is 0.228. The molecule has 0 saturated carbocycles. The molecule has 76 valence electrons. The van der Waals surface area contributed by atoms with Gasteiger partial charge in [0.1, 0.15) is 0 Å². The highest BCUT2D eigenvalue weighted by Gasteiger charge is 2.09. The number of hydrogen-bond acceptors (Lipinski definition) is 3. The minimum Gasteiger partial charge on any atom is -0.465 e. The van der Waals surface area contributed by atoms with Gasteiger partial charge in [0.25, 0.3) is 0 Å². The molecular formula is C8H9ClN2O3. The predicted molar refractivity (Wildman–Crippen MR) is 51.5 cm³/mol. The van der Waals surface area contributed by atoms with Crippen molar-refractivity contribution < 1.29 is 15.0 Å². The average molecular weight is 217 g/mol. The van der Waals surface area contributed by atoms with Crippen LogP contribution in [-0.4, -0.2) is 21.3 Å². The molecule has 6 heteroatoms. The van der Waals surface area contributed by atoms with E-state index in [1.54, 1.807) is 0 Å². The van der Waals surface area contributed by atoms with Crippen molar-refractivity contribution in [1.29, 1.82) is 0 Å². The van der Waals surface area contributed by atoms with Crippen LogP contribution in [0.25, 0.3) is 0 Å². The van der Waals surface area contributed by atoms with E-state index in [2.05, 4.69) is 10.3 Å². The first kappa shape index (κ1) is 10.7. The van der Waals surface area contributed by atoms with Crippen LogP contribution in [-0.2, 0) is 0 Å². The number of nitrogens with zero attached hydrogens (tertiary/aromatic N) is 1. The highest BCUT2D eigenvalue weighted by atomic mass is 35.5. The van der Waals surface area contributed by atoms with E-state index in [4.69, 9.17) is 16.7 Å². The van der Waals surface area contributed by atoms with Crippen LogP contribution in [0.15, 0.2) is 12.3 Å². The van der Waals surface area contributed by atoms with Crippen LogP contribution in [0, 0.1) is 0 Å². The molecule has 1 aromatic rings. The van der Waals surface area contributed by atoms with Crippen molar-refractivity contribution >= 4 is 23.4 Å². The quantitative estimate of drug-likeness (QED) is 0.705. The normalized spacial score (nSPS) is 12.2. The third-order valence-corrected chi connectivity index (χ3v) is 1.82. The van der Waals surface area contributed by atoms with Crippen molar-refractivity contribution in [2.45, 2.75) is 13.0 Å². The van der Waals surface area contributed by atoms with Gasteiger partial charge in [-0.3, -0.25) is 10.3 Å². The molecule has 0 radical (unpaired) electrons. The van der Waals surface area contributed by atoms with Gasteiger partial charge in [-0.2, -0.15) is 0 Å². The van der Waals surface area contributed by atoms with Crippen molar-refractivity contribution in [3.63, 3.8) is 0 Å². The van der Waals surface area contributed by atoms with E-state index in [0.29, 0.717) is 5.69 Å². The number of aliphatic hydroxyl groups is 1. The molecule has 3 N–H and O–H groups in total. The summed E-state index contributed by atoms with van der Waals surface area (Å²) in [4.78, 5) is 14.1. The summed E-state index contributed by atoms with van der Waals surface area (Å²) < 4.78 is 0. The SMILES string of the molecule is CC(O)c1ncc(NC(=O)O)cc1Cl. The van der Waals surface area contributed by atoms with Gasteiger partial charge in [-0.15, -0.1) is 0 Å². The fourth-order valence-corrected chi connectivity index (χ4v) is 1.27. The van der Waals surface area contributed by atoms with Crippen LogP contribution >= 0.6 is 11.6 Å². The van der Waals surface area contributed by atoms with E-state index < -0.39 is 12.2 Å². The molecule has 0 spiro atoms. The van der Waals surface area contributed by atoms with Crippen molar-refractivity contribution in [3.05, 3.63) is 23.0 Å². The van der Waals surface area contributed by atoms with E-state index in [1.165, 1.54) is 19.2 Å². The number of halogens is 1. The Bertz CT molecular complexity index is 354. The summed E-state index contributed by atoms with van der Waals surface area (Å²) in [6.45, 7) is 1.53. The zero-order valence-corrected chi connectivity index (χ0v) is 8.12. The number of carboxylic acid groups (broad SMARTS) is 1. The van der Waals surface area contributed by atoms with Gasteiger partial charge >= 0.3 is 6.09 Å². The molecule has 0 aliphatic carbocycles. The van der Waals surface area contributed by atoms with Gasteiger partial charge in [0.05, 0.1) is 28.7 Å². The van der Waals surface area contributed by atoms with Gasteiger partial charge in [-0.25, -0.2) is 4.79 Å². The molecule has 1 heterocycles. The number of hydrogen-bond donors (Lipinski definition) is 3. The number of nitrogens with one attached hydrogen (secondary N) is 1. The maximum Gasteiger partial charge on any atom is 0.409 e. The highest BCUT2D eigenvalue weighted by Crippen LogP contribution is 2.23. The molecule has 14 heavy (non-hydrogen) atoms. The monoisotopic (exact) mass is 216 g/mol. The average Bonchev–Trinajstić information content (AvgIpc) is 2.01. The van der Waals surface area contributed by atoms with Gasteiger partial charge in [-0.1, -0.05) is 11.6 Å². The van der Waals surface area contributed by atoms with Crippen LogP contribution in [0.1, 0.15) is 18.7 Å². The smallest absolute Gasteiger partial charge is 0.409 e. The lowest BCUT2D eigenvalue weighted by molar-refractivity contribution is 0.194. The second-order valence-electron chi connectivity index (χ2n) is 2.70. The number of aromatic nitrogens is 1. The topological polar surface area (TPSA) is 82.5 Å². The maximum absolute atomic E-state index is 10.3. The van der Waals surface area contributed by atoms with Crippen LogP contribution in [0.4, 0.5) is 10.5 Å². The summed E-state index contributed by atoms with van der Waals surface area (Å²) >= 11 is 5.75. The number of amides is 1. The zero-order chi connectivity index (χ0) is 10.7. The fraction of sp³-hybridized carbons (Fsp3) is 0.250. The number of carbonyl (C=O) groups is 1. The zero-order valence-electron chi connectivity index (χ0n) is 7.36. The van der Waals surface area contributed by atoms with Crippen LogP contribution in [0.2, 0.25) is 5.02 Å². The van der Waals surface area contributed by atoms with Crippen molar-refractivity contribution in [3.8, 4) is 0 Å². The molecule has 5 nitrogen and oxygen atoms in total. The summed E-state index contributed by atoms with van der Waals surface area (Å²) in [5.41, 5.74) is 0.592. The Morgan fingerprint density at radius 2 is 2.36 bits per heavy atom. The molecule has 0 saturated heterocycles. The predicted octanol–water partition coefficient (Wildman–Crippen LogP) is 1.88. The number of aliphatic hydroxyl groups excluding tert-OH is 1. The van der Waals surface area contributed by atoms with E-state index in [9.17, 15) is 9.90 Å². The Morgan fingerprint density at radius 1 is 1.71 bits per heavy atom. The number of anilines is 1. The Hall–Kier alpha value is -1.33. The van der Waals surface area contributed by atoms with Crippen molar-refractivity contribution in [1.82, 2.24) is 4.98 Å². The van der Waals surface area contributed by atoms with Gasteiger partial charge in [0.2, 0.25) is 0 Å². The highest BCUT2D eigenvalue weighted by molar-refractivity contribution is 6.31. The van der Waals surface area contributed by atoms with Crippen molar-refractivity contribution in [2.75, 3.05) is 5.32 Å². The summed E-state index contributed by atoms with van der Waals surface area (Å²) in [5.74, 6) is 0. The fourth-order valence-electron chi connectivity index (χ4n) is 0.948. The molecule has 0 bridgehead atoms. The molecule has 0 aliphatic rings. The lowest BCUT2D eigenvalue weighted by Crippen LogP contribution is -2.08. The van der Waals surface area contributed by atoms with Crippen LogP contribution < -0.4 is 5.32 Å². The second-order valence-corrected chi connectivity index (χ2v) is 3.10. The van der Waals surface area contributed by atoms with E-state index in [1.807, 2.05) is 0 Å². The third-order valence-electron chi connectivity index (χ3n) is 1.52. The lowest BCUT2D eigenvalue weighted by Gasteiger charge is -2.07. The van der Waals surface area contributed by atoms with Crippen LogP contribution in [0.5, 0.6) is 0 Å². The van der Waals surface area contributed by atoms with Gasteiger partial charge in [0, 0.05) is 0 Å². The lowest BCUT2D eigenvalue weighted by atomic mass is 10.2. The molecule has 1 unspecified atom stereocenters. The van der Waals surface area contributed by atoms with Gasteiger partial charge < -0.3 is 10.2 Å². The largest absolute Gasteiger partial charge is 0.465 e. The van der Waals surface area contributed by atoms with E-state index in [0.717, 1.165) is 0 Å². The summed E-state index contributed by atoms with van der Waals surface area (Å²) in [5, 5.41) is 19.9. The number of pyridine rings is 1.